The monoisotopic (exact) mass is 753 g/mol. The fourth-order valence-electron chi connectivity index (χ4n) is 6.95. The van der Waals surface area contributed by atoms with Crippen molar-refractivity contribution in [2.45, 2.75) is 109 Å². The van der Waals surface area contributed by atoms with Crippen LogP contribution < -0.4 is 9.47 Å². The van der Waals surface area contributed by atoms with Crippen LogP contribution in [0.4, 0.5) is 0 Å². The summed E-state index contributed by atoms with van der Waals surface area (Å²) in [6, 6.07) is 11.7. The minimum absolute atomic E-state index is 0.142. The molecule has 45 heavy (non-hydrogen) atoms. The van der Waals surface area contributed by atoms with Crippen molar-refractivity contribution in [3.63, 3.8) is 0 Å². The summed E-state index contributed by atoms with van der Waals surface area (Å²) in [4.78, 5) is 16.4. The second-order valence-electron chi connectivity index (χ2n) is 13.8. The summed E-state index contributed by atoms with van der Waals surface area (Å²) < 4.78 is 18.5. The molecule has 4 aliphatic rings. The molecule has 4 unspecified atom stereocenters. The lowest BCUT2D eigenvalue weighted by Gasteiger charge is -2.36. The highest BCUT2D eigenvalue weighted by Gasteiger charge is 2.46. The molecule has 2 aliphatic heterocycles. The zero-order valence-electron chi connectivity index (χ0n) is 27.2. The number of hydrogen-bond acceptors (Lipinski definition) is 6. The molecule has 2 aliphatic carbocycles. The van der Waals surface area contributed by atoms with E-state index in [0.717, 1.165) is 81.2 Å². The maximum absolute atomic E-state index is 12.3. The number of carbonyl (C=O) groups excluding carboxylic acids is 1. The summed E-state index contributed by atoms with van der Waals surface area (Å²) in [5.74, 6) is 5.86. The molecule has 0 bridgehead atoms. The van der Waals surface area contributed by atoms with Crippen molar-refractivity contribution in [1.82, 2.24) is 0 Å². The highest BCUT2D eigenvalue weighted by atomic mass is 79.9. The van der Waals surface area contributed by atoms with Crippen molar-refractivity contribution in [1.29, 1.82) is 5.26 Å². The molecule has 0 radical (unpaired) electrons. The van der Waals surface area contributed by atoms with E-state index in [2.05, 4.69) is 87.4 Å². The van der Waals surface area contributed by atoms with E-state index in [0.29, 0.717) is 6.42 Å². The maximum Gasteiger partial charge on any atom is 0.205 e. The van der Waals surface area contributed by atoms with Crippen LogP contribution in [-0.2, 0) is 0 Å². The van der Waals surface area contributed by atoms with Crippen LogP contribution in [0.3, 0.4) is 0 Å². The number of hydrogen-bond donors (Lipinski definition) is 0. The number of ketones is 1. The fraction of sp³-hybridized carbons (Fsp3) is 0.528. The summed E-state index contributed by atoms with van der Waals surface area (Å²) in [7, 11) is -1.21. The predicted octanol–water partition coefficient (Wildman–Crippen LogP) is 10.5. The topological polar surface area (TPSA) is 84.0 Å². The van der Waals surface area contributed by atoms with Gasteiger partial charge in [-0.05, 0) is 119 Å². The van der Waals surface area contributed by atoms with Gasteiger partial charge < -0.3 is 9.47 Å². The Morgan fingerprint density at radius 1 is 0.911 bits per heavy atom. The summed E-state index contributed by atoms with van der Waals surface area (Å²) in [6.07, 6.45) is 12.2. The molecule has 0 aromatic heterocycles. The van der Waals surface area contributed by atoms with Gasteiger partial charge in [0.05, 0.1) is 17.7 Å². The lowest BCUT2D eigenvalue weighted by atomic mass is 9.87. The van der Waals surface area contributed by atoms with E-state index in [1.165, 1.54) is 25.7 Å². The minimum atomic E-state index is -1.21. The standard InChI is InChI=1S/C16H17BrN2O.C15H17BrO2.C5H11NSi/c1-2-11-5-6-16(8-11)9-14(19-10-18)13-7-12(17)3-4-15(13)20-16;1-2-10-5-6-15(8-10)9-13(17)12-7-11(16)3-4-14(12)18-15;1-5-6-7(2,3)4/h3-4,7,11H,2,5-6,8-9H2,1H3;3-4,7,10H,2,5-6,8-9H2,1H3;1H2,2-4H3. The van der Waals surface area contributed by atoms with E-state index in [1.54, 1.807) is 0 Å². The molecule has 0 saturated heterocycles. The quantitative estimate of drug-likeness (QED) is 0.177. The molecule has 0 N–H and O–H groups in total. The third-order valence-corrected chi connectivity index (χ3v) is 11.0. The van der Waals surface area contributed by atoms with Crippen LogP contribution in [0.25, 0.3) is 0 Å². The first kappa shape index (κ1) is 35.4. The third-order valence-electron chi connectivity index (χ3n) is 9.21. The predicted molar refractivity (Wildman–Crippen MR) is 192 cm³/mol. The van der Waals surface area contributed by atoms with Crippen molar-refractivity contribution in [2.75, 3.05) is 0 Å². The Bertz CT molecular complexity index is 1520. The van der Waals surface area contributed by atoms with E-state index in [-0.39, 0.29) is 17.0 Å². The Balaban J connectivity index is 0.000000171. The first-order valence-electron chi connectivity index (χ1n) is 16.0. The van der Waals surface area contributed by atoms with Crippen LogP contribution in [0.15, 0.2) is 61.6 Å². The molecule has 2 saturated carbocycles. The van der Waals surface area contributed by atoms with Gasteiger partial charge in [0.15, 0.2) is 14.0 Å². The number of fused-ring (bicyclic) bond motifs is 2. The third kappa shape index (κ3) is 9.07. The molecule has 2 aromatic rings. The van der Waals surface area contributed by atoms with Gasteiger partial charge in [-0.2, -0.15) is 10.3 Å². The average Bonchev–Trinajstić information content (AvgIpc) is 3.57. The Morgan fingerprint density at radius 2 is 1.42 bits per heavy atom. The van der Waals surface area contributed by atoms with Gasteiger partial charge in [0.25, 0.3) is 0 Å². The molecule has 9 heteroatoms. The molecule has 2 aromatic carbocycles. The first-order chi connectivity index (χ1) is 21.3. The molecule has 240 valence electrons. The molecule has 4 atom stereocenters. The molecule has 6 rings (SSSR count). The number of halogens is 2. The Morgan fingerprint density at radius 3 is 1.87 bits per heavy atom. The second-order valence-corrected chi connectivity index (χ2v) is 20.2. The number of aliphatic imine (C=N–C) groups is 1. The van der Waals surface area contributed by atoms with Gasteiger partial charge in [0.2, 0.25) is 6.19 Å². The summed E-state index contributed by atoms with van der Waals surface area (Å²) >= 11 is 6.88. The number of benzene rings is 2. The lowest BCUT2D eigenvalue weighted by molar-refractivity contribution is 0.0422. The zero-order valence-corrected chi connectivity index (χ0v) is 31.4. The minimum Gasteiger partial charge on any atom is -0.486 e. The Kier molecular flexibility index (Phi) is 11.7. The summed E-state index contributed by atoms with van der Waals surface area (Å²) in [5.41, 5.74) is 2.20. The first-order valence-corrected chi connectivity index (χ1v) is 21.1. The van der Waals surface area contributed by atoms with E-state index in [4.69, 9.17) is 14.7 Å². The normalized spacial score (nSPS) is 27.1. The highest BCUT2D eigenvalue weighted by Crippen LogP contribution is 2.48. The van der Waals surface area contributed by atoms with E-state index in [9.17, 15) is 4.79 Å². The van der Waals surface area contributed by atoms with Gasteiger partial charge in [-0.1, -0.05) is 58.5 Å². The number of nitrogens with zero attached hydrogens (tertiary/aromatic N) is 3. The second kappa shape index (κ2) is 14.9. The van der Waals surface area contributed by atoms with Crippen molar-refractivity contribution in [2.24, 2.45) is 21.5 Å². The molecule has 2 fully saturated rings. The van der Waals surface area contributed by atoms with Gasteiger partial charge >= 0.3 is 0 Å². The van der Waals surface area contributed by atoms with Crippen LogP contribution >= 0.6 is 31.9 Å². The van der Waals surface area contributed by atoms with Crippen molar-refractivity contribution < 1.29 is 14.3 Å². The highest BCUT2D eigenvalue weighted by molar-refractivity contribution is 9.10. The lowest BCUT2D eigenvalue weighted by Crippen LogP contribution is -2.40. The maximum atomic E-state index is 12.3. The van der Waals surface area contributed by atoms with Gasteiger partial charge in [-0.3, -0.25) is 9.45 Å². The SMILES string of the molecule is C=C=N[Si](C)(C)C.CCC1CCC2(CC(=NC#N)c3cc(Br)ccc3O2)C1.CCC1CCC2(CC(=O)c3cc(Br)ccc3O2)C1. The molecule has 2 heterocycles. The van der Waals surface area contributed by atoms with E-state index < -0.39 is 8.24 Å². The largest absolute Gasteiger partial charge is 0.486 e. The van der Waals surface area contributed by atoms with Gasteiger partial charge in [0.1, 0.15) is 22.7 Å². The van der Waals surface area contributed by atoms with Crippen LogP contribution in [-0.4, -0.2) is 36.8 Å². The van der Waals surface area contributed by atoms with E-state index >= 15 is 0 Å². The number of nitriles is 1. The van der Waals surface area contributed by atoms with Crippen LogP contribution in [0.5, 0.6) is 11.5 Å². The smallest absolute Gasteiger partial charge is 0.205 e. The van der Waals surface area contributed by atoms with Gasteiger partial charge in [-0.15, -0.1) is 0 Å². The molecule has 2 spiro atoms. The van der Waals surface area contributed by atoms with Crippen molar-refractivity contribution in [3.05, 3.63) is 63.0 Å². The van der Waals surface area contributed by atoms with Gasteiger partial charge in [-0.25, -0.2) is 0 Å². The van der Waals surface area contributed by atoms with E-state index in [1.807, 2.05) is 42.6 Å². The molecular formula is C36H45Br2N3O3Si. The summed E-state index contributed by atoms with van der Waals surface area (Å²) in [5, 5.41) is 8.95. The van der Waals surface area contributed by atoms with Gasteiger partial charge in [0, 0.05) is 20.9 Å². The number of Topliss-reactive ketones (excluding diaryl/α,β-unsaturated/α-hetero) is 1. The van der Waals surface area contributed by atoms with Crippen LogP contribution in [0.2, 0.25) is 19.6 Å². The molecular weight excluding hydrogens is 710 g/mol. The fourth-order valence-corrected chi connectivity index (χ4v) is 8.14. The number of rotatable bonds is 3. The number of carbonyl (C=O) groups is 1. The van der Waals surface area contributed by atoms with Crippen LogP contribution in [0, 0.1) is 23.3 Å². The Labute approximate surface area is 286 Å². The van der Waals surface area contributed by atoms with Crippen LogP contribution in [0.1, 0.15) is 94.0 Å². The summed E-state index contributed by atoms with van der Waals surface area (Å²) in [6.45, 7) is 14.3. The molecule has 0 amide bonds. The molecule has 6 nitrogen and oxygen atoms in total. The zero-order chi connectivity index (χ0) is 32.8. The van der Waals surface area contributed by atoms with Crippen molar-refractivity contribution >= 4 is 57.5 Å². The average molecular weight is 756 g/mol. The number of ether oxygens (including phenoxy) is 2. The Hall–Kier alpha value is -2.50. The van der Waals surface area contributed by atoms with Crippen molar-refractivity contribution in [3.8, 4) is 17.7 Å².